The fourth-order valence-electron chi connectivity index (χ4n) is 4.60. The monoisotopic (exact) mass is 496 g/mol. The molecule has 1 aromatic carbocycles. The molecular formula is C26H36N6O2S. The second-order valence-corrected chi connectivity index (χ2v) is 10.5. The lowest BCUT2D eigenvalue weighted by atomic mass is 10.0. The molecule has 2 fully saturated rings. The molecular weight excluding hydrogens is 460 g/mol. The molecule has 35 heavy (non-hydrogen) atoms. The fraction of sp³-hybridized carbons (Fsp3) is 0.500. The number of pyridine rings is 1. The number of aromatic nitrogens is 1. The van der Waals surface area contributed by atoms with Crippen molar-refractivity contribution in [1.82, 2.24) is 19.7 Å². The summed E-state index contributed by atoms with van der Waals surface area (Å²) in [6.45, 7) is 10.4. The van der Waals surface area contributed by atoms with Gasteiger partial charge in [-0.15, -0.1) is 12.6 Å². The Labute approximate surface area is 213 Å². The highest BCUT2D eigenvalue weighted by molar-refractivity contribution is 7.80. The Morgan fingerprint density at radius 2 is 1.74 bits per heavy atom. The highest BCUT2D eigenvalue weighted by Gasteiger charge is 2.51. The molecule has 4 rings (SSSR count). The van der Waals surface area contributed by atoms with Crippen LogP contribution in [0.3, 0.4) is 0 Å². The Kier molecular flexibility index (Phi) is 7.68. The third-order valence-corrected chi connectivity index (χ3v) is 7.33. The SMILES string of the molecule is CN1CCN(CCCN(C)c2cc(CN3C(=O)N(c4ccc(S)cc4)C(=O)C3(C)C)ccn2)CC1. The maximum atomic E-state index is 13.3. The molecule has 188 valence electrons. The van der Waals surface area contributed by atoms with Gasteiger partial charge in [-0.05, 0) is 75.8 Å². The molecule has 2 aromatic rings. The Bertz CT molecular complexity index is 1050. The summed E-state index contributed by atoms with van der Waals surface area (Å²) in [6.07, 6.45) is 2.85. The molecule has 2 aliphatic heterocycles. The number of benzene rings is 1. The van der Waals surface area contributed by atoms with Crippen LogP contribution in [0.15, 0.2) is 47.5 Å². The Morgan fingerprint density at radius 1 is 1.06 bits per heavy atom. The number of anilines is 2. The van der Waals surface area contributed by atoms with Crippen molar-refractivity contribution < 1.29 is 9.59 Å². The number of carbonyl (C=O) groups excluding carboxylic acids is 2. The van der Waals surface area contributed by atoms with Gasteiger partial charge in [-0.2, -0.15) is 0 Å². The van der Waals surface area contributed by atoms with Crippen molar-refractivity contribution in [2.45, 2.75) is 37.2 Å². The lowest BCUT2D eigenvalue weighted by Gasteiger charge is -2.32. The van der Waals surface area contributed by atoms with E-state index in [2.05, 4.69) is 46.4 Å². The lowest BCUT2D eigenvalue weighted by Crippen LogP contribution is -2.45. The van der Waals surface area contributed by atoms with Crippen LogP contribution in [0.1, 0.15) is 25.8 Å². The first kappa shape index (κ1) is 25.5. The number of thiol groups is 1. The Hall–Kier alpha value is -2.62. The fourth-order valence-corrected chi connectivity index (χ4v) is 4.75. The van der Waals surface area contributed by atoms with Gasteiger partial charge in [-0.1, -0.05) is 0 Å². The quantitative estimate of drug-likeness (QED) is 0.447. The van der Waals surface area contributed by atoms with Crippen molar-refractivity contribution in [3.05, 3.63) is 48.2 Å². The summed E-state index contributed by atoms with van der Waals surface area (Å²) in [6, 6.07) is 10.7. The van der Waals surface area contributed by atoms with Gasteiger partial charge in [-0.25, -0.2) is 14.7 Å². The van der Waals surface area contributed by atoms with Crippen LogP contribution in [0.4, 0.5) is 16.3 Å². The number of rotatable bonds is 8. The topological polar surface area (TPSA) is 63.2 Å². The number of likely N-dealkylation sites (N-methyl/N-ethyl adjacent to an activating group) is 1. The average Bonchev–Trinajstić information content (AvgIpc) is 3.00. The molecule has 2 saturated heterocycles. The molecule has 2 aliphatic rings. The van der Waals surface area contributed by atoms with E-state index in [9.17, 15) is 9.59 Å². The van der Waals surface area contributed by atoms with Gasteiger partial charge in [0, 0.05) is 57.4 Å². The minimum Gasteiger partial charge on any atom is -0.360 e. The summed E-state index contributed by atoms with van der Waals surface area (Å²) >= 11 is 4.30. The highest BCUT2D eigenvalue weighted by atomic mass is 32.1. The molecule has 0 spiro atoms. The van der Waals surface area contributed by atoms with E-state index in [4.69, 9.17) is 0 Å². The summed E-state index contributed by atoms with van der Waals surface area (Å²) in [5, 5.41) is 0. The molecule has 9 heteroatoms. The number of hydrogen-bond acceptors (Lipinski definition) is 7. The molecule has 0 saturated carbocycles. The summed E-state index contributed by atoms with van der Waals surface area (Å²) in [5.41, 5.74) is 0.556. The van der Waals surface area contributed by atoms with Crippen molar-refractivity contribution in [3.63, 3.8) is 0 Å². The van der Waals surface area contributed by atoms with Gasteiger partial charge >= 0.3 is 6.03 Å². The van der Waals surface area contributed by atoms with E-state index in [0.717, 1.165) is 62.0 Å². The van der Waals surface area contributed by atoms with Crippen LogP contribution in [0.5, 0.6) is 0 Å². The molecule has 0 N–H and O–H groups in total. The smallest absolute Gasteiger partial charge is 0.332 e. The highest BCUT2D eigenvalue weighted by Crippen LogP contribution is 2.33. The van der Waals surface area contributed by atoms with Gasteiger partial charge in [0.2, 0.25) is 0 Å². The van der Waals surface area contributed by atoms with E-state index < -0.39 is 5.54 Å². The first-order valence-corrected chi connectivity index (χ1v) is 12.6. The van der Waals surface area contributed by atoms with Gasteiger partial charge in [-0.3, -0.25) is 4.79 Å². The minimum atomic E-state index is -0.950. The van der Waals surface area contributed by atoms with Crippen LogP contribution in [-0.4, -0.2) is 90.5 Å². The molecule has 3 heterocycles. The summed E-state index contributed by atoms with van der Waals surface area (Å²) in [5.74, 6) is 0.641. The van der Waals surface area contributed by atoms with Gasteiger partial charge in [0.25, 0.3) is 5.91 Å². The van der Waals surface area contributed by atoms with Crippen LogP contribution in [0, 0.1) is 0 Å². The zero-order chi connectivity index (χ0) is 25.2. The predicted molar refractivity (Wildman–Crippen MR) is 142 cm³/mol. The van der Waals surface area contributed by atoms with Crippen LogP contribution >= 0.6 is 12.6 Å². The van der Waals surface area contributed by atoms with E-state index in [-0.39, 0.29) is 11.9 Å². The van der Waals surface area contributed by atoms with Gasteiger partial charge in [0.15, 0.2) is 0 Å². The molecule has 0 radical (unpaired) electrons. The van der Waals surface area contributed by atoms with Crippen LogP contribution in [0.25, 0.3) is 0 Å². The number of carbonyl (C=O) groups is 2. The molecule has 0 atom stereocenters. The number of piperazine rings is 1. The van der Waals surface area contributed by atoms with E-state index in [1.54, 1.807) is 49.2 Å². The predicted octanol–water partition coefficient (Wildman–Crippen LogP) is 3.19. The maximum absolute atomic E-state index is 13.3. The first-order valence-electron chi connectivity index (χ1n) is 12.2. The number of amides is 3. The maximum Gasteiger partial charge on any atom is 0.332 e. The Balaban J connectivity index is 1.40. The summed E-state index contributed by atoms with van der Waals surface area (Å²) in [4.78, 5) is 41.8. The molecule has 3 amide bonds. The van der Waals surface area contributed by atoms with Gasteiger partial charge in [0.1, 0.15) is 11.4 Å². The van der Waals surface area contributed by atoms with Crippen molar-refractivity contribution >= 4 is 36.1 Å². The third kappa shape index (κ3) is 5.63. The second-order valence-electron chi connectivity index (χ2n) is 10.0. The summed E-state index contributed by atoms with van der Waals surface area (Å²) < 4.78 is 0. The molecule has 0 aliphatic carbocycles. The van der Waals surface area contributed by atoms with Crippen molar-refractivity contribution in [2.24, 2.45) is 0 Å². The molecule has 1 aromatic heterocycles. The van der Waals surface area contributed by atoms with Crippen molar-refractivity contribution in [1.29, 1.82) is 0 Å². The normalized spacial score (nSPS) is 19.0. The van der Waals surface area contributed by atoms with Crippen molar-refractivity contribution in [3.8, 4) is 0 Å². The Morgan fingerprint density at radius 3 is 2.43 bits per heavy atom. The van der Waals surface area contributed by atoms with Crippen LogP contribution < -0.4 is 9.80 Å². The van der Waals surface area contributed by atoms with Crippen LogP contribution in [0.2, 0.25) is 0 Å². The van der Waals surface area contributed by atoms with Gasteiger partial charge in [0.05, 0.1) is 5.69 Å². The number of nitrogens with zero attached hydrogens (tertiary/aromatic N) is 6. The standard InChI is InChI=1S/C26H36N6O2S/c1-26(2)24(33)32(21-6-8-22(35)9-7-21)25(34)31(26)19-20-10-11-27-23(18-20)29(4)12-5-13-30-16-14-28(3)15-17-30/h6-11,18,35H,5,12-17,19H2,1-4H3. The zero-order valence-corrected chi connectivity index (χ0v) is 22.0. The third-order valence-electron chi connectivity index (χ3n) is 7.04. The zero-order valence-electron chi connectivity index (χ0n) is 21.1. The largest absolute Gasteiger partial charge is 0.360 e. The van der Waals surface area contributed by atoms with E-state index >= 15 is 0 Å². The van der Waals surface area contributed by atoms with Gasteiger partial charge < -0.3 is 19.6 Å². The van der Waals surface area contributed by atoms with E-state index in [1.807, 2.05) is 12.1 Å². The average molecular weight is 497 g/mol. The summed E-state index contributed by atoms with van der Waals surface area (Å²) in [7, 11) is 4.23. The number of imide groups is 1. The van der Waals surface area contributed by atoms with E-state index in [0.29, 0.717) is 12.2 Å². The molecule has 0 bridgehead atoms. The second kappa shape index (κ2) is 10.6. The van der Waals surface area contributed by atoms with Crippen molar-refractivity contribution in [2.75, 3.05) is 63.2 Å². The number of hydrogen-bond donors (Lipinski definition) is 1. The molecule has 8 nitrogen and oxygen atoms in total. The van der Waals surface area contributed by atoms with E-state index in [1.165, 1.54) is 4.90 Å². The first-order chi connectivity index (χ1) is 16.7. The van der Waals surface area contributed by atoms with Crippen LogP contribution in [-0.2, 0) is 11.3 Å². The molecule has 0 unspecified atom stereocenters. The number of urea groups is 1. The lowest BCUT2D eigenvalue weighted by molar-refractivity contribution is -0.123. The minimum absolute atomic E-state index is 0.232.